The zero-order chi connectivity index (χ0) is 23.9. The number of ether oxygens (including phenoxy) is 2. The van der Waals surface area contributed by atoms with Crippen LogP contribution in [-0.2, 0) is 11.4 Å². The van der Waals surface area contributed by atoms with Crippen LogP contribution in [0, 0.1) is 5.41 Å². The number of nitrogens with one attached hydrogen (secondary N) is 1. The number of Topliss-reactive ketones (excluding diaryl/α,β-unsaturated/α-hetero) is 1. The Bertz CT molecular complexity index is 1270. The van der Waals surface area contributed by atoms with Crippen LogP contribution in [0.15, 0.2) is 64.5 Å². The third-order valence-electron chi connectivity index (χ3n) is 6.15. The van der Waals surface area contributed by atoms with E-state index in [1.54, 1.807) is 4.68 Å². The molecule has 8 heteroatoms. The summed E-state index contributed by atoms with van der Waals surface area (Å²) in [5.41, 5.74) is 3.50. The number of halogens is 1. The van der Waals surface area contributed by atoms with Crippen molar-refractivity contribution in [3.05, 3.63) is 75.7 Å². The van der Waals surface area contributed by atoms with Crippen LogP contribution in [0.1, 0.15) is 50.8 Å². The Morgan fingerprint density at radius 2 is 1.97 bits per heavy atom. The molecule has 1 aliphatic heterocycles. The van der Waals surface area contributed by atoms with Crippen molar-refractivity contribution in [2.24, 2.45) is 5.41 Å². The summed E-state index contributed by atoms with van der Waals surface area (Å²) >= 11 is 3.69. The lowest BCUT2D eigenvalue weighted by atomic mass is 9.73. The van der Waals surface area contributed by atoms with E-state index in [1.807, 2.05) is 49.4 Å². The molecule has 0 bridgehead atoms. The SMILES string of the molecule is CCOc1cc(C2C3=C(CC(C)(C)CC3=O)Nc3ncnn32)cc(Br)c1OCc1ccccc1. The van der Waals surface area contributed by atoms with E-state index in [2.05, 4.69) is 45.2 Å². The molecule has 176 valence electrons. The standard InChI is InChI=1S/C26H27BrN4O3/c1-4-33-21-11-17(10-18(27)24(21)34-14-16-8-6-5-7-9-16)23-22-19(12-26(2,3)13-20(22)32)30-25-28-15-29-31(23)25/h5-11,15,23H,4,12-14H2,1-3H3,(H,28,29,30). The number of carbonyl (C=O) groups excluding carboxylic acids is 1. The Labute approximate surface area is 207 Å². The fourth-order valence-corrected chi connectivity index (χ4v) is 5.31. The summed E-state index contributed by atoms with van der Waals surface area (Å²) in [5.74, 6) is 2.01. The smallest absolute Gasteiger partial charge is 0.226 e. The number of allylic oxidation sites excluding steroid dienone is 2. The Balaban J connectivity index is 1.57. The zero-order valence-corrected chi connectivity index (χ0v) is 21.1. The summed E-state index contributed by atoms with van der Waals surface area (Å²) in [7, 11) is 0. The Morgan fingerprint density at radius 3 is 2.74 bits per heavy atom. The Kier molecular flexibility index (Phi) is 5.93. The number of anilines is 1. The maximum atomic E-state index is 13.4. The fraction of sp³-hybridized carbons (Fsp3) is 0.346. The van der Waals surface area contributed by atoms with E-state index in [1.165, 1.54) is 6.33 Å². The normalized spacial score (nSPS) is 18.7. The van der Waals surface area contributed by atoms with Crippen LogP contribution in [-0.4, -0.2) is 27.2 Å². The average Bonchev–Trinajstić information content (AvgIpc) is 3.25. The van der Waals surface area contributed by atoms with Gasteiger partial charge >= 0.3 is 0 Å². The topological polar surface area (TPSA) is 78.3 Å². The van der Waals surface area contributed by atoms with Gasteiger partial charge in [-0.05, 0) is 57.9 Å². The number of aromatic nitrogens is 3. The summed E-state index contributed by atoms with van der Waals surface area (Å²) in [5, 5.41) is 7.80. The van der Waals surface area contributed by atoms with Crippen molar-refractivity contribution in [3.8, 4) is 11.5 Å². The van der Waals surface area contributed by atoms with Gasteiger partial charge in [0, 0.05) is 17.7 Å². The molecule has 0 radical (unpaired) electrons. The quantitative estimate of drug-likeness (QED) is 0.448. The molecule has 1 aromatic heterocycles. The molecule has 0 fully saturated rings. The highest BCUT2D eigenvalue weighted by Crippen LogP contribution is 2.47. The summed E-state index contributed by atoms with van der Waals surface area (Å²) < 4.78 is 14.7. The van der Waals surface area contributed by atoms with E-state index in [0.29, 0.717) is 37.1 Å². The van der Waals surface area contributed by atoms with Gasteiger partial charge in [0.15, 0.2) is 17.3 Å². The van der Waals surface area contributed by atoms with Crippen LogP contribution in [0.2, 0.25) is 0 Å². The van der Waals surface area contributed by atoms with Crippen LogP contribution in [0.3, 0.4) is 0 Å². The molecule has 0 amide bonds. The first-order chi connectivity index (χ1) is 16.4. The predicted octanol–water partition coefficient (Wildman–Crippen LogP) is 5.68. The van der Waals surface area contributed by atoms with E-state index in [0.717, 1.165) is 33.3 Å². The molecule has 2 aromatic carbocycles. The van der Waals surface area contributed by atoms with Crippen molar-refractivity contribution in [2.45, 2.75) is 46.3 Å². The fourth-order valence-electron chi connectivity index (χ4n) is 4.74. The number of hydrogen-bond donors (Lipinski definition) is 1. The minimum Gasteiger partial charge on any atom is -0.490 e. The third-order valence-corrected chi connectivity index (χ3v) is 6.74. The molecule has 0 saturated heterocycles. The van der Waals surface area contributed by atoms with Crippen LogP contribution in [0.5, 0.6) is 11.5 Å². The van der Waals surface area contributed by atoms with Gasteiger partial charge in [0.2, 0.25) is 5.95 Å². The molecular weight excluding hydrogens is 496 g/mol. The van der Waals surface area contributed by atoms with Crippen molar-refractivity contribution in [1.82, 2.24) is 14.8 Å². The average molecular weight is 523 g/mol. The van der Waals surface area contributed by atoms with Gasteiger partial charge in [0.05, 0.1) is 11.1 Å². The van der Waals surface area contributed by atoms with Gasteiger partial charge in [-0.25, -0.2) is 4.68 Å². The van der Waals surface area contributed by atoms with Crippen molar-refractivity contribution in [1.29, 1.82) is 0 Å². The van der Waals surface area contributed by atoms with Gasteiger partial charge in [-0.2, -0.15) is 10.1 Å². The minimum absolute atomic E-state index is 0.109. The van der Waals surface area contributed by atoms with Crippen molar-refractivity contribution < 1.29 is 14.3 Å². The molecule has 2 heterocycles. The van der Waals surface area contributed by atoms with Gasteiger partial charge in [-0.1, -0.05) is 44.2 Å². The van der Waals surface area contributed by atoms with Crippen molar-refractivity contribution in [3.63, 3.8) is 0 Å². The number of rotatable bonds is 6. The summed E-state index contributed by atoms with van der Waals surface area (Å²) in [6.45, 7) is 7.08. The Morgan fingerprint density at radius 1 is 1.18 bits per heavy atom. The summed E-state index contributed by atoms with van der Waals surface area (Å²) in [6, 6.07) is 13.5. The van der Waals surface area contributed by atoms with Gasteiger partial charge in [-0.15, -0.1) is 0 Å². The van der Waals surface area contributed by atoms with E-state index < -0.39 is 6.04 Å². The molecule has 0 spiro atoms. The zero-order valence-electron chi connectivity index (χ0n) is 19.5. The molecule has 0 saturated carbocycles. The number of hydrogen-bond acceptors (Lipinski definition) is 6. The maximum absolute atomic E-state index is 13.4. The van der Waals surface area contributed by atoms with Crippen LogP contribution in [0.25, 0.3) is 0 Å². The highest BCUT2D eigenvalue weighted by molar-refractivity contribution is 9.10. The van der Waals surface area contributed by atoms with E-state index in [-0.39, 0.29) is 11.2 Å². The molecule has 34 heavy (non-hydrogen) atoms. The molecule has 3 aromatic rings. The summed E-state index contributed by atoms with van der Waals surface area (Å²) in [6.07, 6.45) is 2.78. The second-order valence-electron chi connectivity index (χ2n) is 9.43. The number of nitrogens with zero attached hydrogens (tertiary/aromatic N) is 3. The second kappa shape index (κ2) is 8.91. The van der Waals surface area contributed by atoms with E-state index in [4.69, 9.17) is 9.47 Å². The number of benzene rings is 2. The van der Waals surface area contributed by atoms with E-state index >= 15 is 0 Å². The van der Waals surface area contributed by atoms with Gasteiger partial charge in [-0.3, -0.25) is 4.79 Å². The lowest BCUT2D eigenvalue weighted by Gasteiger charge is -2.38. The highest BCUT2D eigenvalue weighted by atomic mass is 79.9. The summed E-state index contributed by atoms with van der Waals surface area (Å²) in [4.78, 5) is 17.7. The van der Waals surface area contributed by atoms with Crippen molar-refractivity contribution in [2.75, 3.05) is 11.9 Å². The maximum Gasteiger partial charge on any atom is 0.226 e. The molecule has 5 rings (SSSR count). The van der Waals surface area contributed by atoms with Crippen LogP contribution >= 0.6 is 15.9 Å². The molecule has 1 N–H and O–H groups in total. The van der Waals surface area contributed by atoms with Crippen molar-refractivity contribution >= 4 is 27.7 Å². The molecule has 1 unspecified atom stereocenters. The molecule has 2 aliphatic rings. The van der Waals surface area contributed by atoms with Crippen LogP contribution in [0.4, 0.5) is 5.95 Å². The third kappa shape index (κ3) is 4.22. The predicted molar refractivity (Wildman–Crippen MR) is 133 cm³/mol. The number of carbonyl (C=O) groups is 1. The lowest BCUT2D eigenvalue weighted by Crippen LogP contribution is -2.36. The first-order valence-corrected chi connectivity index (χ1v) is 12.2. The van der Waals surface area contributed by atoms with Gasteiger partial charge in [0.1, 0.15) is 19.0 Å². The second-order valence-corrected chi connectivity index (χ2v) is 10.3. The molecule has 1 aliphatic carbocycles. The van der Waals surface area contributed by atoms with Gasteiger partial charge < -0.3 is 14.8 Å². The molecule has 7 nitrogen and oxygen atoms in total. The number of fused-ring (bicyclic) bond motifs is 1. The highest BCUT2D eigenvalue weighted by Gasteiger charge is 2.41. The Hall–Kier alpha value is -3.13. The largest absolute Gasteiger partial charge is 0.490 e. The van der Waals surface area contributed by atoms with Gasteiger partial charge in [0.25, 0.3) is 0 Å². The van der Waals surface area contributed by atoms with Crippen LogP contribution < -0.4 is 14.8 Å². The molecule has 1 atom stereocenters. The lowest BCUT2D eigenvalue weighted by molar-refractivity contribution is -0.118. The minimum atomic E-state index is -0.393. The number of ketones is 1. The monoisotopic (exact) mass is 522 g/mol. The van der Waals surface area contributed by atoms with E-state index in [9.17, 15) is 4.79 Å². The molecular formula is C26H27BrN4O3. The first-order valence-electron chi connectivity index (χ1n) is 11.4. The first kappa shape index (κ1) is 22.7.